The minimum Gasteiger partial charge on any atom is -0.296 e. The molecular formula is C15H19Br2N3. The lowest BCUT2D eigenvalue weighted by molar-refractivity contribution is 0.306. The first-order valence-corrected chi connectivity index (χ1v) is 8.24. The van der Waals surface area contributed by atoms with Crippen LogP contribution in [0.1, 0.15) is 23.9 Å². The third-order valence-corrected chi connectivity index (χ3v) is 4.74. The van der Waals surface area contributed by atoms with Crippen LogP contribution in [0.25, 0.3) is 0 Å². The summed E-state index contributed by atoms with van der Waals surface area (Å²) in [7, 11) is 2.13. The van der Waals surface area contributed by atoms with Crippen LogP contribution in [-0.2, 0) is 19.6 Å². The average molecular weight is 401 g/mol. The summed E-state index contributed by atoms with van der Waals surface area (Å²) in [6, 6.07) is 8.44. The van der Waals surface area contributed by atoms with E-state index in [-0.39, 0.29) is 0 Å². The molecule has 0 unspecified atom stereocenters. The monoisotopic (exact) mass is 399 g/mol. The summed E-state index contributed by atoms with van der Waals surface area (Å²) in [5.41, 5.74) is 3.59. The molecule has 0 aliphatic carbocycles. The van der Waals surface area contributed by atoms with Crippen molar-refractivity contribution in [1.82, 2.24) is 14.7 Å². The van der Waals surface area contributed by atoms with E-state index in [1.807, 2.05) is 6.92 Å². The van der Waals surface area contributed by atoms with Gasteiger partial charge in [0.2, 0.25) is 0 Å². The van der Waals surface area contributed by atoms with E-state index in [2.05, 4.69) is 84.8 Å². The van der Waals surface area contributed by atoms with E-state index < -0.39 is 0 Å². The number of hydrogen-bond donors (Lipinski definition) is 0. The number of rotatable bonds is 5. The van der Waals surface area contributed by atoms with Crippen molar-refractivity contribution in [3.05, 3.63) is 50.2 Å². The quantitative estimate of drug-likeness (QED) is 0.742. The predicted octanol–water partition coefficient (Wildman–Crippen LogP) is 4.37. The van der Waals surface area contributed by atoms with Crippen molar-refractivity contribution in [3.8, 4) is 0 Å². The third-order valence-electron chi connectivity index (χ3n) is 3.21. The zero-order chi connectivity index (χ0) is 14.7. The molecule has 20 heavy (non-hydrogen) atoms. The Bertz CT molecular complexity index is 593. The zero-order valence-corrected chi connectivity index (χ0v) is 15.2. The SMILES string of the molecule is CCn1nc(C)c(Br)c1CN(C)Cc1cccc(Br)c1. The summed E-state index contributed by atoms with van der Waals surface area (Å²) in [5.74, 6) is 0. The molecule has 3 nitrogen and oxygen atoms in total. The maximum absolute atomic E-state index is 4.54. The maximum Gasteiger partial charge on any atom is 0.0739 e. The Morgan fingerprint density at radius 1 is 1.25 bits per heavy atom. The van der Waals surface area contributed by atoms with Crippen molar-refractivity contribution in [1.29, 1.82) is 0 Å². The van der Waals surface area contributed by atoms with E-state index in [4.69, 9.17) is 0 Å². The molecule has 0 fully saturated rings. The fraction of sp³-hybridized carbons (Fsp3) is 0.400. The summed E-state index contributed by atoms with van der Waals surface area (Å²) in [5, 5.41) is 4.54. The lowest BCUT2D eigenvalue weighted by Crippen LogP contribution is -2.20. The summed E-state index contributed by atoms with van der Waals surface area (Å²) in [4.78, 5) is 2.30. The van der Waals surface area contributed by atoms with Gasteiger partial charge in [-0.3, -0.25) is 9.58 Å². The van der Waals surface area contributed by atoms with Gasteiger partial charge < -0.3 is 0 Å². The van der Waals surface area contributed by atoms with Gasteiger partial charge in [-0.05, 0) is 54.5 Å². The predicted molar refractivity (Wildman–Crippen MR) is 89.7 cm³/mol. The van der Waals surface area contributed by atoms with Crippen molar-refractivity contribution in [2.24, 2.45) is 0 Å². The van der Waals surface area contributed by atoms with Gasteiger partial charge in [0.05, 0.1) is 15.9 Å². The van der Waals surface area contributed by atoms with Gasteiger partial charge in [0.25, 0.3) is 0 Å². The van der Waals surface area contributed by atoms with Crippen LogP contribution >= 0.6 is 31.9 Å². The van der Waals surface area contributed by atoms with Crippen molar-refractivity contribution < 1.29 is 0 Å². The molecule has 0 saturated carbocycles. The van der Waals surface area contributed by atoms with Crippen LogP contribution in [-0.4, -0.2) is 21.7 Å². The van der Waals surface area contributed by atoms with Crippen LogP contribution in [0.5, 0.6) is 0 Å². The third kappa shape index (κ3) is 3.71. The molecule has 1 aromatic carbocycles. The molecule has 0 spiro atoms. The maximum atomic E-state index is 4.54. The Labute approximate surface area is 137 Å². The Balaban J connectivity index is 2.10. The summed E-state index contributed by atoms with van der Waals surface area (Å²) in [6.45, 7) is 6.85. The van der Waals surface area contributed by atoms with Crippen LogP contribution in [0.3, 0.4) is 0 Å². The summed E-state index contributed by atoms with van der Waals surface area (Å²) in [6.07, 6.45) is 0. The molecule has 5 heteroatoms. The molecule has 0 bridgehead atoms. The van der Waals surface area contributed by atoms with Crippen LogP contribution in [0.15, 0.2) is 33.2 Å². The fourth-order valence-corrected chi connectivity index (χ4v) is 3.13. The first-order chi connectivity index (χ1) is 9.51. The van der Waals surface area contributed by atoms with Crippen LogP contribution in [0.2, 0.25) is 0 Å². The Hall–Kier alpha value is -0.650. The lowest BCUT2D eigenvalue weighted by atomic mass is 10.2. The number of nitrogens with zero attached hydrogens (tertiary/aromatic N) is 3. The topological polar surface area (TPSA) is 21.1 Å². The number of aromatic nitrogens is 2. The fourth-order valence-electron chi connectivity index (χ4n) is 2.28. The summed E-state index contributed by atoms with van der Waals surface area (Å²) < 4.78 is 4.32. The van der Waals surface area contributed by atoms with Crippen molar-refractivity contribution in [2.45, 2.75) is 33.5 Å². The van der Waals surface area contributed by atoms with Gasteiger partial charge in [0.1, 0.15) is 0 Å². The van der Waals surface area contributed by atoms with E-state index in [0.717, 1.165) is 34.3 Å². The van der Waals surface area contributed by atoms with Crippen molar-refractivity contribution >= 4 is 31.9 Å². The van der Waals surface area contributed by atoms with Crippen molar-refractivity contribution in [3.63, 3.8) is 0 Å². The van der Waals surface area contributed by atoms with Crippen LogP contribution in [0, 0.1) is 6.92 Å². The second kappa shape index (κ2) is 6.87. The zero-order valence-electron chi connectivity index (χ0n) is 12.0. The molecule has 1 aromatic heterocycles. The van der Waals surface area contributed by atoms with E-state index >= 15 is 0 Å². The molecule has 2 rings (SSSR count). The molecule has 0 N–H and O–H groups in total. The van der Waals surface area contributed by atoms with E-state index in [0.29, 0.717) is 0 Å². The highest BCUT2D eigenvalue weighted by molar-refractivity contribution is 9.10. The molecule has 0 saturated heterocycles. The molecule has 0 aliphatic rings. The first kappa shape index (κ1) is 15.7. The largest absolute Gasteiger partial charge is 0.296 e. The molecule has 1 heterocycles. The van der Waals surface area contributed by atoms with Gasteiger partial charge in [-0.1, -0.05) is 28.1 Å². The standard InChI is InChI=1S/C15H19Br2N3/c1-4-20-14(15(17)11(2)18-20)10-19(3)9-12-6-5-7-13(16)8-12/h5-8H,4,9-10H2,1-3H3. The molecule has 2 aromatic rings. The van der Waals surface area contributed by atoms with Crippen molar-refractivity contribution in [2.75, 3.05) is 7.05 Å². The Morgan fingerprint density at radius 2 is 2.00 bits per heavy atom. The first-order valence-electron chi connectivity index (χ1n) is 6.66. The van der Waals surface area contributed by atoms with Gasteiger partial charge in [-0.25, -0.2) is 0 Å². The lowest BCUT2D eigenvalue weighted by Gasteiger charge is -2.18. The Kier molecular flexibility index (Phi) is 5.41. The number of halogens is 2. The van der Waals surface area contributed by atoms with Gasteiger partial charge in [-0.2, -0.15) is 5.10 Å². The number of aryl methyl sites for hydroxylation is 2. The van der Waals surface area contributed by atoms with E-state index in [9.17, 15) is 0 Å². The molecule has 0 atom stereocenters. The van der Waals surface area contributed by atoms with E-state index in [1.54, 1.807) is 0 Å². The normalized spacial score (nSPS) is 11.3. The molecule has 0 radical (unpaired) electrons. The molecule has 0 amide bonds. The minimum absolute atomic E-state index is 0.877. The number of hydrogen-bond acceptors (Lipinski definition) is 2. The highest BCUT2D eigenvalue weighted by Gasteiger charge is 2.14. The molecular weight excluding hydrogens is 382 g/mol. The highest BCUT2D eigenvalue weighted by atomic mass is 79.9. The Morgan fingerprint density at radius 3 is 2.65 bits per heavy atom. The smallest absolute Gasteiger partial charge is 0.0739 e. The minimum atomic E-state index is 0.877. The van der Waals surface area contributed by atoms with Crippen LogP contribution < -0.4 is 0 Å². The van der Waals surface area contributed by atoms with Crippen LogP contribution in [0.4, 0.5) is 0 Å². The molecule has 0 aliphatic heterocycles. The average Bonchev–Trinajstić information content (AvgIpc) is 2.66. The second-order valence-electron chi connectivity index (χ2n) is 4.96. The molecule has 108 valence electrons. The number of benzene rings is 1. The van der Waals surface area contributed by atoms with Gasteiger partial charge >= 0.3 is 0 Å². The summed E-state index contributed by atoms with van der Waals surface area (Å²) >= 11 is 7.17. The second-order valence-corrected chi connectivity index (χ2v) is 6.67. The van der Waals surface area contributed by atoms with Gasteiger partial charge in [0.15, 0.2) is 0 Å². The van der Waals surface area contributed by atoms with Gasteiger partial charge in [-0.15, -0.1) is 0 Å². The van der Waals surface area contributed by atoms with Gasteiger partial charge in [0, 0.05) is 24.1 Å². The highest BCUT2D eigenvalue weighted by Crippen LogP contribution is 2.23. The van der Waals surface area contributed by atoms with E-state index in [1.165, 1.54) is 11.3 Å².